The second-order valence-electron chi connectivity index (χ2n) is 6.41. The number of nitrogens with zero attached hydrogens (tertiary/aromatic N) is 4. The van der Waals surface area contributed by atoms with Gasteiger partial charge in [0.1, 0.15) is 23.7 Å². The number of hydrogen-bond donors (Lipinski definition) is 0. The first-order valence-corrected chi connectivity index (χ1v) is 8.53. The summed E-state index contributed by atoms with van der Waals surface area (Å²) in [4.78, 5) is 14.5. The Morgan fingerprint density at radius 1 is 1.38 bits per heavy atom. The molecule has 7 nitrogen and oxygen atoms in total. The summed E-state index contributed by atoms with van der Waals surface area (Å²) in [5, 5.41) is 8.22. The predicted octanol–water partition coefficient (Wildman–Crippen LogP) is 2.79. The van der Waals surface area contributed by atoms with E-state index in [1.165, 1.54) is 12.1 Å². The standard InChI is InChI=1S/C18H19FN4O3/c1-25-11-14-5-7-17(26-14)18(24)22-8-2-3-13(10-22)23-16-6-4-12(19)9-15(16)20-21-23/h4-7,9,13H,2-3,8,10-11H2,1H3. The van der Waals surface area contributed by atoms with Gasteiger partial charge in [-0.05, 0) is 37.1 Å². The third kappa shape index (κ3) is 3.08. The normalized spacial score (nSPS) is 17.8. The number of rotatable bonds is 4. The number of hydrogen-bond acceptors (Lipinski definition) is 5. The number of carbonyl (C=O) groups excluding carboxylic acids is 1. The lowest BCUT2D eigenvalue weighted by atomic mass is 10.1. The molecule has 1 fully saturated rings. The molecule has 0 aliphatic carbocycles. The second-order valence-corrected chi connectivity index (χ2v) is 6.41. The van der Waals surface area contributed by atoms with Crippen molar-refractivity contribution in [2.75, 3.05) is 20.2 Å². The Labute approximate surface area is 149 Å². The first kappa shape index (κ1) is 16.7. The lowest BCUT2D eigenvalue weighted by molar-refractivity contribution is 0.0635. The van der Waals surface area contributed by atoms with Crippen LogP contribution < -0.4 is 0 Å². The van der Waals surface area contributed by atoms with E-state index in [9.17, 15) is 9.18 Å². The van der Waals surface area contributed by atoms with E-state index in [1.807, 2.05) is 0 Å². The van der Waals surface area contributed by atoms with Crippen molar-refractivity contribution in [2.24, 2.45) is 0 Å². The van der Waals surface area contributed by atoms with Crippen LogP contribution >= 0.6 is 0 Å². The molecule has 1 amide bonds. The number of furan rings is 1. The minimum atomic E-state index is -0.338. The van der Waals surface area contributed by atoms with Gasteiger partial charge in [0.15, 0.2) is 5.76 Å². The molecule has 1 aromatic carbocycles. The molecule has 0 spiro atoms. The third-order valence-electron chi connectivity index (χ3n) is 4.62. The Morgan fingerprint density at radius 2 is 2.27 bits per heavy atom. The largest absolute Gasteiger partial charge is 0.453 e. The molecule has 0 saturated carbocycles. The van der Waals surface area contributed by atoms with Gasteiger partial charge in [0.05, 0.1) is 11.6 Å². The molecule has 136 valence electrons. The minimum absolute atomic E-state index is 0.00318. The maximum Gasteiger partial charge on any atom is 0.289 e. The van der Waals surface area contributed by atoms with Crippen LogP contribution in [0.15, 0.2) is 34.7 Å². The fourth-order valence-electron chi connectivity index (χ4n) is 3.39. The highest BCUT2D eigenvalue weighted by molar-refractivity contribution is 5.91. The number of ether oxygens (including phenoxy) is 1. The van der Waals surface area contributed by atoms with Crippen LogP contribution in [0.4, 0.5) is 4.39 Å². The molecular formula is C18H19FN4O3. The molecule has 8 heteroatoms. The zero-order valence-corrected chi connectivity index (χ0v) is 14.4. The number of amides is 1. The quantitative estimate of drug-likeness (QED) is 0.717. The molecule has 4 rings (SSSR count). The van der Waals surface area contributed by atoms with Crippen molar-refractivity contribution in [1.29, 1.82) is 0 Å². The lowest BCUT2D eigenvalue weighted by Gasteiger charge is -2.32. The predicted molar refractivity (Wildman–Crippen MR) is 91.1 cm³/mol. The highest BCUT2D eigenvalue weighted by Gasteiger charge is 2.28. The molecule has 1 aliphatic heterocycles. The van der Waals surface area contributed by atoms with Gasteiger partial charge in [-0.2, -0.15) is 0 Å². The number of aromatic nitrogens is 3. The summed E-state index contributed by atoms with van der Waals surface area (Å²) in [6.07, 6.45) is 1.73. The minimum Gasteiger partial charge on any atom is -0.453 e. The zero-order chi connectivity index (χ0) is 18.1. The summed E-state index contributed by atoms with van der Waals surface area (Å²) in [7, 11) is 1.58. The molecule has 0 bridgehead atoms. The van der Waals surface area contributed by atoms with Crippen LogP contribution in [0.2, 0.25) is 0 Å². The molecule has 1 unspecified atom stereocenters. The van der Waals surface area contributed by atoms with Crippen molar-refractivity contribution in [3.63, 3.8) is 0 Å². The van der Waals surface area contributed by atoms with E-state index in [-0.39, 0.29) is 17.8 Å². The Kier molecular flexibility index (Phi) is 4.42. The van der Waals surface area contributed by atoms with Gasteiger partial charge in [-0.25, -0.2) is 9.07 Å². The molecule has 2 aromatic heterocycles. The second kappa shape index (κ2) is 6.87. The van der Waals surface area contributed by atoms with Crippen molar-refractivity contribution in [3.05, 3.63) is 47.7 Å². The summed E-state index contributed by atoms with van der Waals surface area (Å²) >= 11 is 0. The van der Waals surface area contributed by atoms with Gasteiger partial charge in [-0.3, -0.25) is 4.79 Å². The average molecular weight is 358 g/mol. The Hall–Kier alpha value is -2.74. The van der Waals surface area contributed by atoms with Crippen LogP contribution in [0.3, 0.4) is 0 Å². The van der Waals surface area contributed by atoms with Crippen LogP contribution in [0, 0.1) is 5.82 Å². The number of fused-ring (bicyclic) bond motifs is 1. The van der Waals surface area contributed by atoms with E-state index < -0.39 is 0 Å². The Morgan fingerprint density at radius 3 is 3.12 bits per heavy atom. The molecule has 3 heterocycles. The maximum absolute atomic E-state index is 13.4. The van der Waals surface area contributed by atoms with Crippen LogP contribution in [-0.2, 0) is 11.3 Å². The van der Waals surface area contributed by atoms with E-state index in [2.05, 4.69) is 10.3 Å². The Balaban J connectivity index is 1.53. The van der Waals surface area contributed by atoms with Gasteiger partial charge < -0.3 is 14.1 Å². The SMILES string of the molecule is COCc1ccc(C(=O)N2CCCC(n3nnc4cc(F)ccc43)C2)o1. The number of likely N-dealkylation sites (tertiary alicyclic amines) is 1. The van der Waals surface area contributed by atoms with E-state index in [0.29, 0.717) is 36.7 Å². The van der Waals surface area contributed by atoms with E-state index >= 15 is 0 Å². The zero-order valence-electron chi connectivity index (χ0n) is 14.4. The summed E-state index contributed by atoms with van der Waals surface area (Å²) < 4.78 is 25.7. The van der Waals surface area contributed by atoms with Crippen molar-refractivity contribution in [2.45, 2.75) is 25.5 Å². The summed E-state index contributed by atoms with van der Waals surface area (Å²) in [6, 6.07) is 7.86. The number of benzene rings is 1. The molecule has 3 aromatic rings. The fourth-order valence-corrected chi connectivity index (χ4v) is 3.39. The first-order valence-electron chi connectivity index (χ1n) is 8.53. The molecule has 0 N–H and O–H groups in total. The smallest absolute Gasteiger partial charge is 0.289 e. The summed E-state index contributed by atoms with van der Waals surface area (Å²) in [5.41, 5.74) is 1.29. The summed E-state index contributed by atoms with van der Waals surface area (Å²) in [6.45, 7) is 1.50. The number of methoxy groups -OCH3 is 1. The molecule has 0 radical (unpaired) electrons. The molecule has 26 heavy (non-hydrogen) atoms. The molecule has 1 aliphatic rings. The van der Waals surface area contributed by atoms with Gasteiger partial charge in [-0.15, -0.1) is 5.10 Å². The van der Waals surface area contributed by atoms with Gasteiger partial charge >= 0.3 is 0 Å². The van der Waals surface area contributed by atoms with Crippen molar-refractivity contribution in [1.82, 2.24) is 19.9 Å². The summed E-state index contributed by atoms with van der Waals surface area (Å²) in [5.74, 6) is 0.444. The highest BCUT2D eigenvalue weighted by Crippen LogP contribution is 2.26. The molecule has 1 saturated heterocycles. The van der Waals surface area contributed by atoms with E-state index in [4.69, 9.17) is 9.15 Å². The fraction of sp³-hybridized carbons (Fsp3) is 0.389. The number of piperidine rings is 1. The maximum atomic E-state index is 13.4. The Bertz CT molecular complexity index is 936. The van der Waals surface area contributed by atoms with Crippen molar-refractivity contribution in [3.8, 4) is 0 Å². The molecule has 1 atom stereocenters. The third-order valence-corrected chi connectivity index (χ3v) is 4.62. The van der Waals surface area contributed by atoms with Crippen LogP contribution in [-0.4, -0.2) is 46.0 Å². The average Bonchev–Trinajstić information content (AvgIpc) is 3.28. The van der Waals surface area contributed by atoms with E-state index in [0.717, 1.165) is 18.4 Å². The van der Waals surface area contributed by atoms with Gasteiger partial charge in [-0.1, -0.05) is 5.21 Å². The first-order chi connectivity index (χ1) is 12.7. The highest BCUT2D eigenvalue weighted by atomic mass is 19.1. The van der Waals surface area contributed by atoms with Gasteiger partial charge in [0, 0.05) is 26.3 Å². The van der Waals surface area contributed by atoms with Crippen LogP contribution in [0.25, 0.3) is 11.0 Å². The number of halogens is 1. The number of carbonyl (C=O) groups is 1. The van der Waals surface area contributed by atoms with Crippen molar-refractivity contribution >= 4 is 16.9 Å². The van der Waals surface area contributed by atoms with Crippen LogP contribution in [0.5, 0.6) is 0 Å². The van der Waals surface area contributed by atoms with Gasteiger partial charge in [0.2, 0.25) is 0 Å². The van der Waals surface area contributed by atoms with Gasteiger partial charge in [0.25, 0.3) is 5.91 Å². The topological polar surface area (TPSA) is 73.4 Å². The molecular weight excluding hydrogens is 339 g/mol. The monoisotopic (exact) mass is 358 g/mol. The lowest BCUT2D eigenvalue weighted by Crippen LogP contribution is -2.40. The van der Waals surface area contributed by atoms with Crippen LogP contribution in [0.1, 0.15) is 35.2 Å². The van der Waals surface area contributed by atoms with E-state index in [1.54, 1.807) is 34.9 Å². The van der Waals surface area contributed by atoms with Crippen molar-refractivity contribution < 1.29 is 18.3 Å².